The first-order chi connectivity index (χ1) is 11.2. The summed E-state index contributed by atoms with van der Waals surface area (Å²) >= 11 is 7.89. The zero-order valence-corrected chi connectivity index (χ0v) is 14.5. The number of morpholine rings is 1. The van der Waals surface area contributed by atoms with E-state index in [2.05, 4.69) is 11.4 Å². The van der Waals surface area contributed by atoms with Crippen molar-refractivity contribution in [2.75, 3.05) is 19.7 Å². The molecule has 2 heterocycles. The topological polar surface area (TPSA) is 29.5 Å². The Morgan fingerprint density at radius 1 is 1.35 bits per heavy atom. The molecule has 1 aliphatic rings. The van der Waals surface area contributed by atoms with E-state index in [4.69, 9.17) is 16.3 Å². The van der Waals surface area contributed by atoms with Crippen molar-refractivity contribution in [2.45, 2.75) is 25.4 Å². The third-order valence-corrected chi connectivity index (χ3v) is 5.21. The van der Waals surface area contributed by atoms with Gasteiger partial charge in [0.25, 0.3) is 0 Å². The average Bonchev–Trinajstić information content (AvgIpc) is 3.08. The molecule has 0 saturated carbocycles. The monoisotopic (exact) mass is 349 g/mol. The van der Waals surface area contributed by atoms with Gasteiger partial charge in [-0.05, 0) is 40.4 Å². The van der Waals surface area contributed by atoms with Crippen LogP contribution in [0.5, 0.6) is 0 Å². The van der Waals surface area contributed by atoms with Gasteiger partial charge in [-0.1, -0.05) is 29.8 Å². The van der Waals surface area contributed by atoms with E-state index in [0.29, 0.717) is 26.1 Å². The van der Waals surface area contributed by atoms with E-state index in [1.165, 1.54) is 5.56 Å². The molecule has 0 N–H and O–H groups in total. The molecule has 0 radical (unpaired) electrons. The summed E-state index contributed by atoms with van der Waals surface area (Å²) in [5, 5.41) is 4.91. The predicted octanol–water partition coefficient (Wildman–Crippen LogP) is 3.80. The maximum atomic E-state index is 12.4. The second-order valence-corrected chi connectivity index (χ2v) is 6.95. The maximum absolute atomic E-state index is 12.4. The molecule has 5 heteroatoms. The van der Waals surface area contributed by atoms with E-state index in [-0.39, 0.29) is 12.0 Å². The Morgan fingerprint density at radius 2 is 2.22 bits per heavy atom. The minimum absolute atomic E-state index is 0.0220. The lowest BCUT2D eigenvalue weighted by atomic mass is 10.1. The lowest BCUT2D eigenvalue weighted by Crippen LogP contribution is -2.46. The van der Waals surface area contributed by atoms with E-state index < -0.39 is 0 Å². The zero-order valence-electron chi connectivity index (χ0n) is 12.9. The van der Waals surface area contributed by atoms with Crippen LogP contribution in [0.4, 0.5) is 0 Å². The average molecular weight is 350 g/mol. The van der Waals surface area contributed by atoms with E-state index in [1.54, 1.807) is 11.3 Å². The third kappa shape index (κ3) is 4.56. The van der Waals surface area contributed by atoms with E-state index in [0.717, 1.165) is 23.4 Å². The Bertz CT molecular complexity index is 644. The van der Waals surface area contributed by atoms with Gasteiger partial charge in [-0.3, -0.25) is 4.79 Å². The fourth-order valence-electron chi connectivity index (χ4n) is 2.82. The predicted molar refractivity (Wildman–Crippen MR) is 94.1 cm³/mol. The first kappa shape index (κ1) is 16.5. The highest BCUT2D eigenvalue weighted by Crippen LogP contribution is 2.20. The third-order valence-electron chi connectivity index (χ3n) is 4.10. The number of nitrogens with zero attached hydrogens (tertiary/aromatic N) is 1. The molecule has 122 valence electrons. The Balaban J connectivity index is 1.53. The number of carbonyl (C=O) groups excluding carboxylic acids is 1. The molecule has 1 aliphatic heterocycles. The van der Waals surface area contributed by atoms with Gasteiger partial charge in [-0.25, -0.2) is 0 Å². The van der Waals surface area contributed by atoms with Gasteiger partial charge in [-0.15, -0.1) is 0 Å². The molecule has 23 heavy (non-hydrogen) atoms. The first-order valence-electron chi connectivity index (χ1n) is 7.86. The van der Waals surface area contributed by atoms with Gasteiger partial charge in [0.05, 0.1) is 12.7 Å². The summed E-state index contributed by atoms with van der Waals surface area (Å²) < 4.78 is 5.82. The fraction of sp³-hybridized carbons (Fsp3) is 0.389. The molecule has 1 saturated heterocycles. The summed E-state index contributed by atoms with van der Waals surface area (Å²) in [5.41, 5.74) is 2.32. The van der Waals surface area contributed by atoms with Gasteiger partial charge in [0.15, 0.2) is 0 Å². The van der Waals surface area contributed by atoms with Crippen molar-refractivity contribution < 1.29 is 9.53 Å². The number of hydrogen-bond acceptors (Lipinski definition) is 3. The quantitative estimate of drug-likeness (QED) is 0.821. The second-order valence-electron chi connectivity index (χ2n) is 5.76. The number of halogens is 1. The van der Waals surface area contributed by atoms with Crippen molar-refractivity contribution in [1.82, 2.24) is 4.90 Å². The minimum Gasteiger partial charge on any atom is -0.374 e. The zero-order chi connectivity index (χ0) is 16.1. The highest BCUT2D eigenvalue weighted by Gasteiger charge is 2.24. The molecule has 0 unspecified atom stereocenters. The van der Waals surface area contributed by atoms with Crippen LogP contribution in [-0.4, -0.2) is 36.6 Å². The number of carbonyl (C=O) groups is 1. The summed E-state index contributed by atoms with van der Waals surface area (Å²) in [7, 11) is 0. The molecule has 1 atom stereocenters. The molecular formula is C18H20ClNO2S. The maximum Gasteiger partial charge on any atom is 0.223 e. The van der Waals surface area contributed by atoms with Crippen LogP contribution in [0.3, 0.4) is 0 Å². The van der Waals surface area contributed by atoms with Crippen molar-refractivity contribution in [1.29, 1.82) is 0 Å². The van der Waals surface area contributed by atoms with Crippen LogP contribution in [-0.2, 0) is 22.4 Å². The van der Waals surface area contributed by atoms with Gasteiger partial charge in [0, 0.05) is 31.0 Å². The molecule has 2 aromatic rings. The molecule has 1 amide bonds. The number of hydrogen-bond donors (Lipinski definition) is 0. The molecule has 3 nitrogen and oxygen atoms in total. The van der Waals surface area contributed by atoms with Crippen molar-refractivity contribution >= 4 is 28.8 Å². The van der Waals surface area contributed by atoms with Gasteiger partial charge in [0.1, 0.15) is 0 Å². The Hall–Kier alpha value is -1.36. The number of ether oxygens (including phenoxy) is 1. The van der Waals surface area contributed by atoms with E-state index in [9.17, 15) is 4.79 Å². The van der Waals surface area contributed by atoms with Crippen molar-refractivity contribution in [3.05, 3.63) is 57.2 Å². The minimum atomic E-state index is 0.0220. The van der Waals surface area contributed by atoms with Crippen LogP contribution < -0.4 is 0 Å². The van der Waals surface area contributed by atoms with E-state index >= 15 is 0 Å². The molecule has 0 bridgehead atoms. The molecular weight excluding hydrogens is 330 g/mol. The molecule has 1 aromatic heterocycles. The van der Waals surface area contributed by atoms with Crippen molar-refractivity contribution in [3.8, 4) is 0 Å². The molecule has 1 fully saturated rings. The fourth-order valence-corrected chi connectivity index (χ4v) is 3.74. The van der Waals surface area contributed by atoms with Crippen LogP contribution >= 0.6 is 22.9 Å². The van der Waals surface area contributed by atoms with Crippen LogP contribution in [0, 0.1) is 0 Å². The highest BCUT2D eigenvalue weighted by atomic mass is 35.5. The Kier molecular flexibility index (Phi) is 5.70. The lowest BCUT2D eigenvalue weighted by Gasteiger charge is -2.33. The van der Waals surface area contributed by atoms with Gasteiger partial charge in [0.2, 0.25) is 5.91 Å². The smallest absolute Gasteiger partial charge is 0.223 e. The largest absolute Gasteiger partial charge is 0.374 e. The summed E-state index contributed by atoms with van der Waals surface area (Å²) in [6.45, 7) is 1.93. The van der Waals surface area contributed by atoms with Gasteiger partial charge >= 0.3 is 0 Å². The highest BCUT2D eigenvalue weighted by molar-refractivity contribution is 7.07. The van der Waals surface area contributed by atoms with E-state index in [1.807, 2.05) is 34.5 Å². The number of thiophene rings is 1. The van der Waals surface area contributed by atoms with Crippen molar-refractivity contribution in [3.63, 3.8) is 0 Å². The van der Waals surface area contributed by atoms with Crippen LogP contribution in [0.2, 0.25) is 5.02 Å². The van der Waals surface area contributed by atoms with Crippen LogP contribution in [0.25, 0.3) is 0 Å². The molecule has 3 rings (SSSR count). The van der Waals surface area contributed by atoms with Crippen LogP contribution in [0.1, 0.15) is 17.5 Å². The first-order valence-corrected chi connectivity index (χ1v) is 9.18. The summed E-state index contributed by atoms with van der Waals surface area (Å²) in [6, 6.07) is 9.89. The standard InChI is InChI=1S/C18H20ClNO2S/c19-17-4-2-1-3-15(17)11-16-12-20(8-9-22-16)18(21)6-5-14-7-10-23-13-14/h1-4,7,10,13,16H,5-6,8-9,11-12H2/t16-/m0/s1. The summed E-state index contributed by atoms with van der Waals surface area (Å²) in [6.07, 6.45) is 2.15. The van der Waals surface area contributed by atoms with Crippen LogP contribution in [0.15, 0.2) is 41.1 Å². The number of benzene rings is 1. The van der Waals surface area contributed by atoms with Gasteiger partial charge < -0.3 is 9.64 Å². The summed E-state index contributed by atoms with van der Waals surface area (Å²) in [5.74, 6) is 0.212. The molecule has 0 spiro atoms. The van der Waals surface area contributed by atoms with Crippen molar-refractivity contribution in [2.24, 2.45) is 0 Å². The normalized spacial score (nSPS) is 18.1. The molecule has 1 aromatic carbocycles. The number of amides is 1. The lowest BCUT2D eigenvalue weighted by molar-refractivity contribution is -0.138. The summed E-state index contributed by atoms with van der Waals surface area (Å²) in [4.78, 5) is 14.3. The Labute approximate surface area is 145 Å². The number of aryl methyl sites for hydroxylation is 1. The van der Waals surface area contributed by atoms with Gasteiger partial charge in [-0.2, -0.15) is 11.3 Å². The SMILES string of the molecule is O=C(CCc1ccsc1)N1CCO[C@@H](Cc2ccccc2Cl)C1. The molecule has 0 aliphatic carbocycles. The second kappa shape index (κ2) is 7.95. The number of rotatable bonds is 5. The Morgan fingerprint density at radius 3 is 3.00 bits per heavy atom.